The highest BCUT2D eigenvalue weighted by atomic mass is 32.1. The number of hydrogen-bond acceptors (Lipinski definition) is 5. The molecular weight excluding hydrogens is 372 g/mol. The predicted octanol–water partition coefficient (Wildman–Crippen LogP) is 4.07. The van der Waals surface area contributed by atoms with E-state index in [1.807, 2.05) is 0 Å². The van der Waals surface area contributed by atoms with Crippen LogP contribution in [0, 0.1) is 5.92 Å². The number of rotatable bonds is 3. The van der Waals surface area contributed by atoms with Crippen LogP contribution >= 0.6 is 11.3 Å². The van der Waals surface area contributed by atoms with Gasteiger partial charge in [-0.2, -0.15) is 13.2 Å². The van der Waals surface area contributed by atoms with Crippen LogP contribution in [0.2, 0.25) is 0 Å². The molecule has 1 aliphatic rings. The second-order valence-electron chi connectivity index (χ2n) is 5.83. The summed E-state index contributed by atoms with van der Waals surface area (Å²) in [5.41, 5.74) is -0.350. The van der Waals surface area contributed by atoms with Gasteiger partial charge >= 0.3 is 6.18 Å². The van der Waals surface area contributed by atoms with Crippen LogP contribution < -0.4 is 5.32 Å². The Kier molecular flexibility index (Phi) is 3.87. The summed E-state index contributed by atoms with van der Waals surface area (Å²) in [4.78, 5) is 23.0. The second-order valence-corrected chi connectivity index (χ2v) is 6.86. The van der Waals surface area contributed by atoms with E-state index in [-0.39, 0.29) is 22.7 Å². The van der Waals surface area contributed by atoms with Crippen molar-refractivity contribution in [3.05, 3.63) is 36.4 Å². The van der Waals surface area contributed by atoms with Gasteiger partial charge in [0.25, 0.3) is 0 Å². The summed E-state index contributed by atoms with van der Waals surface area (Å²) in [5.74, 6) is -1.08. The quantitative estimate of drug-likeness (QED) is 0.694. The van der Waals surface area contributed by atoms with Crippen LogP contribution in [0.15, 0.2) is 30.7 Å². The van der Waals surface area contributed by atoms with Crippen LogP contribution in [0.25, 0.3) is 21.3 Å². The van der Waals surface area contributed by atoms with Crippen LogP contribution in [0.5, 0.6) is 0 Å². The number of benzene rings is 1. The fourth-order valence-electron chi connectivity index (χ4n) is 2.55. The minimum atomic E-state index is -4.60. The Labute approximate surface area is 148 Å². The summed E-state index contributed by atoms with van der Waals surface area (Å²) in [5, 5.41) is 2.82. The molecule has 2 heterocycles. The topological polar surface area (TPSA) is 67.8 Å². The van der Waals surface area contributed by atoms with Gasteiger partial charge in [-0.15, -0.1) is 0 Å². The lowest BCUT2D eigenvalue weighted by Crippen LogP contribution is -2.14. The van der Waals surface area contributed by atoms with Crippen LogP contribution in [0.4, 0.5) is 22.7 Å². The van der Waals surface area contributed by atoms with Gasteiger partial charge in [0.05, 0.1) is 16.1 Å². The van der Waals surface area contributed by atoms with Gasteiger partial charge in [-0.3, -0.25) is 4.79 Å². The highest BCUT2D eigenvalue weighted by Gasteiger charge is 2.44. The molecule has 1 saturated carbocycles. The molecule has 10 heteroatoms. The van der Waals surface area contributed by atoms with Gasteiger partial charge in [-0.05, 0) is 24.1 Å². The summed E-state index contributed by atoms with van der Waals surface area (Å²) in [6.45, 7) is 0. The van der Waals surface area contributed by atoms with Crippen molar-refractivity contribution >= 4 is 32.6 Å². The molecule has 26 heavy (non-hydrogen) atoms. The van der Waals surface area contributed by atoms with Crippen molar-refractivity contribution in [2.24, 2.45) is 5.92 Å². The zero-order valence-electron chi connectivity index (χ0n) is 12.9. The Morgan fingerprint density at radius 2 is 2.08 bits per heavy atom. The first-order valence-electron chi connectivity index (χ1n) is 7.56. The number of halogens is 4. The summed E-state index contributed by atoms with van der Waals surface area (Å²) in [6, 6.07) is 4.57. The molecular formula is C16H10F4N4OS. The number of aromatic nitrogens is 3. The van der Waals surface area contributed by atoms with Crippen LogP contribution in [0.1, 0.15) is 12.1 Å². The molecule has 0 bridgehead atoms. The molecule has 1 amide bonds. The molecule has 4 rings (SSSR count). The SMILES string of the molecule is O=C(Nc1nc2ccc(-c3cncnc3C(F)(F)F)cc2s1)[C@@H]1C[C@@H]1F. The van der Waals surface area contributed by atoms with E-state index in [1.54, 1.807) is 6.07 Å². The van der Waals surface area contributed by atoms with E-state index in [4.69, 9.17) is 0 Å². The number of alkyl halides is 4. The standard InChI is InChI=1S/C16H10F4N4OS/c17-10-4-8(10)14(25)24-15-23-11-2-1-7(3-12(11)26-15)9-5-21-6-22-13(9)16(18,19)20/h1-3,5-6,8,10H,4H2,(H,23,24,25)/t8-,10+/m1/s1. The summed E-state index contributed by atoms with van der Waals surface area (Å²) < 4.78 is 52.9. The van der Waals surface area contributed by atoms with E-state index in [0.717, 1.165) is 23.9 Å². The molecule has 0 unspecified atom stereocenters. The average Bonchev–Trinajstić information content (AvgIpc) is 3.19. The van der Waals surface area contributed by atoms with Crippen LogP contribution in [-0.2, 0) is 11.0 Å². The zero-order chi connectivity index (χ0) is 18.5. The first-order chi connectivity index (χ1) is 12.3. The molecule has 0 spiro atoms. The molecule has 5 nitrogen and oxygen atoms in total. The Bertz CT molecular complexity index is 1000. The highest BCUT2D eigenvalue weighted by Crippen LogP contribution is 2.38. The lowest BCUT2D eigenvalue weighted by Gasteiger charge is -2.10. The summed E-state index contributed by atoms with van der Waals surface area (Å²) in [6.07, 6.45) is -3.56. The van der Waals surface area contributed by atoms with E-state index in [9.17, 15) is 22.4 Å². The molecule has 3 aromatic rings. The summed E-state index contributed by atoms with van der Waals surface area (Å²) in [7, 11) is 0. The van der Waals surface area contributed by atoms with Gasteiger partial charge in [0.2, 0.25) is 5.91 Å². The molecule has 1 fully saturated rings. The fourth-order valence-corrected chi connectivity index (χ4v) is 3.45. The lowest BCUT2D eigenvalue weighted by molar-refractivity contribution is -0.140. The van der Waals surface area contributed by atoms with Gasteiger partial charge in [-0.1, -0.05) is 17.4 Å². The maximum atomic E-state index is 13.1. The predicted molar refractivity (Wildman–Crippen MR) is 87.3 cm³/mol. The van der Waals surface area contributed by atoms with Gasteiger partial charge in [0, 0.05) is 11.8 Å². The van der Waals surface area contributed by atoms with Crippen LogP contribution in [-0.4, -0.2) is 27.0 Å². The Morgan fingerprint density at radius 3 is 2.77 bits per heavy atom. The fraction of sp³-hybridized carbons (Fsp3) is 0.250. The van der Waals surface area contributed by atoms with Crippen molar-refractivity contribution in [2.45, 2.75) is 18.8 Å². The largest absolute Gasteiger partial charge is 0.434 e. The molecule has 1 aliphatic carbocycles. The number of carbonyl (C=O) groups excluding carboxylic acids is 1. The maximum absolute atomic E-state index is 13.1. The van der Waals surface area contributed by atoms with Crippen molar-refractivity contribution in [3.8, 4) is 11.1 Å². The Hall–Kier alpha value is -2.62. The van der Waals surface area contributed by atoms with Crippen molar-refractivity contribution < 1.29 is 22.4 Å². The molecule has 0 radical (unpaired) electrons. The van der Waals surface area contributed by atoms with Gasteiger partial charge < -0.3 is 5.32 Å². The van der Waals surface area contributed by atoms with Crippen molar-refractivity contribution in [1.82, 2.24) is 15.0 Å². The van der Waals surface area contributed by atoms with Gasteiger partial charge in [-0.25, -0.2) is 19.3 Å². The maximum Gasteiger partial charge on any atom is 0.434 e. The molecule has 1 N–H and O–H groups in total. The normalized spacial score (nSPS) is 19.5. The first kappa shape index (κ1) is 16.8. The molecule has 2 atom stereocenters. The molecule has 0 saturated heterocycles. The molecule has 0 aliphatic heterocycles. The van der Waals surface area contributed by atoms with E-state index in [2.05, 4.69) is 20.3 Å². The minimum absolute atomic E-state index is 0.140. The monoisotopic (exact) mass is 382 g/mol. The lowest BCUT2D eigenvalue weighted by atomic mass is 10.1. The second kappa shape index (κ2) is 5.97. The number of nitrogens with zero attached hydrogens (tertiary/aromatic N) is 3. The number of anilines is 1. The summed E-state index contributed by atoms with van der Waals surface area (Å²) >= 11 is 1.11. The van der Waals surface area contributed by atoms with E-state index in [0.29, 0.717) is 10.2 Å². The number of carbonyl (C=O) groups is 1. The van der Waals surface area contributed by atoms with E-state index in [1.165, 1.54) is 12.1 Å². The van der Waals surface area contributed by atoms with Crippen molar-refractivity contribution in [3.63, 3.8) is 0 Å². The zero-order valence-corrected chi connectivity index (χ0v) is 13.7. The average molecular weight is 382 g/mol. The van der Waals surface area contributed by atoms with E-state index >= 15 is 0 Å². The Balaban J connectivity index is 1.67. The van der Waals surface area contributed by atoms with Gasteiger partial charge in [0.1, 0.15) is 12.5 Å². The van der Waals surface area contributed by atoms with E-state index < -0.39 is 29.9 Å². The Morgan fingerprint density at radius 1 is 1.31 bits per heavy atom. The smallest absolute Gasteiger partial charge is 0.302 e. The molecule has 2 aromatic heterocycles. The third-order valence-electron chi connectivity index (χ3n) is 3.96. The third kappa shape index (κ3) is 3.12. The first-order valence-corrected chi connectivity index (χ1v) is 8.37. The number of nitrogens with one attached hydrogen (secondary N) is 1. The number of thiazole rings is 1. The highest BCUT2D eigenvalue weighted by molar-refractivity contribution is 7.22. The minimum Gasteiger partial charge on any atom is -0.302 e. The molecule has 1 aromatic carbocycles. The number of fused-ring (bicyclic) bond motifs is 1. The van der Waals surface area contributed by atoms with Crippen LogP contribution in [0.3, 0.4) is 0 Å². The number of hydrogen-bond donors (Lipinski definition) is 1. The number of amides is 1. The van der Waals surface area contributed by atoms with Crippen molar-refractivity contribution in [2.75, 3.05) is 5.32 Å². The third-order valence-corrected chi connectivity index (χ3v) is 4.89. The van der Waals surface area contributed by atoms with Gasteiger partial charge in [0.15, 0.2) is 10.8 Å². The van der Waals surface area contributed by atoms with Crippen molar-refractivity contribution in [1.29, 1.82) is 0 Å². The molecule has 134 valence electrons.